The highest BCUT2D eigenvalue weighted by Gasteiger charge is 2.40. The third-order valence-corrected chi connectivity index (χ3v) is 6.79. The number of ether oxygens (including phenoxy) is 2. The number of H-pyrrole nitrogens is 1. The SMILES string of the molecule is CCCNC(=O)C1(C)COC(c2nc(-c3ccc(F)cc3)c(-c3ccnc(N4CCCCC4)n3)[nH]2)OC1. The Hall–Kier alpha value is -3.37. The molecule has 1 amide bonds. The van der Waals surface area contributed by atoms with Crippen molar-refractivity contribution >= 4 is 11.9 Å². The molecule has 10 heteroatoms. The van der Waals surface area contributed by atoms with Gasteiger partial charge in [0.15, 0.2) is 5.82 Å². The van der Waals surface area contributed by atoms with Crippen LogP contribution in [0.2, 0.25) is 0 Å². The van der Waals surface area contributed by atoms with E-state index in [2.05, 4.69) is 20.2 Å². The highest BCUT2D eigenvalue weighted by atomic mass is 19.1. The van der Waals surface area contributed by atoms with Crippen LogP contribution in [0.3, 0.4) is 0 Å². The fourth-order valence-electron chi connectivity index (χ4n) is 4.59. The smallest absolute Gasteiger partial charge is 0.230 e. The molecule has 2 aliphatic heterocycles. The van der Waals surface area contributed by atoms with Crippen LogP contribution in [0.4, 0.5) is 10.3 Å². The summed E-state index contributed by atoms with van der Waals surface area (Å²) in [6.07, 6.45) is 5.28. The average molecular weight is 509 g/mol. The number of anilines is 1. The predicted molar refractivity (Wildman–Crippen MR) is 137 cm³/mol. The minimum Gasteiger partial charge on any atom is -0.355 e. The van der Waals surface area contributed by atoms with E-state index in [1.807, 2.05) is 19.9 Å². The van der Waals surface area contributed by atoms with Gasteiger partial charge in [-0.3, -0.25) is 4.79 Å². The number of amides is 1. The Labute approximate surface area is 215 Å². The van der Waals surface area contributed by atoms with E-state index in [0.29, 0.717) is 35.4 Å². The van der Waals surface area contributed by atoms with Gasteiger partial charge in [-0.2, -0.15) is 0 Å². The highest BCUT2D eigenvalue weighted by molar-refractivity contribution is 5.82. The zero-order valence-corrected chi connectivity index (χ0v) is 21.3. The van der Waals surface area contributed by atoms with Gasteiger partial charge in [0.25, 0.3) is 0 Å². The average Bonchev–Trinajstić information content (AvgIpc) is 3.38. The minimum absolute atomic E-state index is 0.0915. The third kappa shape index (κ3) is 5.50. The summed E-state index contributed by atoms with van der Waals surface area (Å²) in [5.74, 6) is 0.724. The zero-order valence-electron chi connectivity index (χ0n) is 21.3. The maximum Gasteiger partial charge on any atom is 0.230 e. The lowest BCUT2D eigenvalue weighted by atomic mass is 9.91. The summed E-state index contributed by atoms with van der Waals surface area (Å²) in [5, 5.41) is 2.92. The molecule has 196 valence electrons. The second-order valence-corrected chi connectivity index (χ2v) is 9.91. The molecule has 0 atom stereocenters. The normalized spacial score (nSPS) is 22.1. The number of carbonyl (C=O) groups excluding carboxylic acids is 1. The number of rotatable bonds is 7. The molecule has 0 spiro atoms. The molecule has 0 saturated carbocycles. The van der Waals surface area contributed by atoms with Crippen LogP contribution < -0.4 is 10.2 Å². The molecular weight excluding hydrogens is 475 g/mol. The van der Waals surface area contributed by atoms with Crippen LogP contribution >= 0.6 is 0 Å². The van der Waals surface area contributed by atoms with E-state index in [9.17, 15) is 9.18 Å². The van der Waals surface area contributed by atoms with Crippen LogP contribution in [0, 0.1) is 11.2 Å². The molecule has 37 heavy (non-hydrogen) atoms. The Morgan fingerprint density at radius 3 is 2.57 bits per heavy atom. The molecular formula is C27H33FN6O3. The van der Waals surface area contributed by atoms with Gasteiger partial charge >= 0.3 is 0 Å². The summed E-state index contributed by atoms with van der Waals surface area (Å²) < 4.78 is 25.6. The molecule has 3 aromatic rings. The van der Waals surface area contributed by atoms with Gasteiger partial charge in [0, 0.05) is 31.4 Å². The number of carbonyl (C=O) groups is 1. The van der Waals surface area contributed by atoms with Crippen LogP contribution in [-0.4, -0.2) is 58.7 Å². The van der Waals surface area contributed by atoms with Crippen LogP contribution in [0.5, 0.6) is 0 Å². The molecule has 2 aliphatic rings. The Kier molecular flexibility index (Phi) is 7.48. The molecule has 2 aromatic heterocycles. The first-order chi connectivity index (χ1) is 18.0. The van der Waals surface area contributed by atoms with Crippen molar-refractivity contribution < 1.29 is 18.7 Å². The van der Waals surface area contributed by atoms with Gasteiger partial charge in [0.1, 0.15) is 5.82 Å². The van der Waals surface area contributed by atoms with Gasteiger partial charge in [0.2, 0.25) is 18.1 Å². The summed E-state index contributed by atoms with van der Waals surface area (Å²) in [5.41, 5.74) is 1.91. The van der Waals surface area contributed by atoms with Gasteiger partial charge in [0.05, 0.1) is 35.7 Å². The number of aromatic amines is 1. The number of piperidine rings is 1. The lowest BCUT2D eigenvalue weighted by Gasteiger charge is -2.35. The van der Waals surface area contributed by atoms with Crippen molar-refractivity contribution in [1.29, 1.82) is 0 Å². The van der Waals surface area contributed by atoms with E-state index in [4.69, 9.17) is 19.4 Å². The first-order valence-electron chi connectivity index (χ1n) is 12.9. The zero-order chi connectivity index (χ0) is 25.8. The summed E-state index contributed by atoms with van der Waals surface area (Å²) in [4.78, 5) is 32.3. The highest BCUT2D eigenvalue weighted by Crippen LogP contribution is 2.36. The van der Waals surface area contributed by atoms with Gasteiger partial charge in [-0.15, -0.1) is 0 Å². The van der Waals surface area contributed by atoms with E-state index < -0.39 is 11.7 Å². The van der Waals surface area contributed by atoms with Crippen molar-refractivity contribution in [3.63, 3.8) is 0 Å². The van der Waals surface area contributed by atoms with Crippen molar-refractivity contribution in [3.8, 4) is 22.6 Å². The fourth-order valence-corrected chi connectivity index (χ4v) is 4.59. The van der Waals surface area contributed by atoms with E-state index in [1.165, 1.54) is 18.6 Å². The fraction of sp³-hybridized carbons (Fsp3) is 0.481. The van der Waals surface area contributed by atoms with Crippen molar-refractivity contribution in [2.24, 2.45) is 5.41 Å². The second-order valence-electron chi connectivity index (χ2n) is 9.91. The van der Waals surface area contributed by atoms with Gasteiger partial charge in [-0.05, 0) is 62.9 Å². The minimum atomic E-state index is -0.781. The molecule has 2 saturated heterocycles. The van der Waals surface area contributed by atoms with Crippen molar-refractivity contribution in [3.05, 3.63) is 48.2 Å². The Balaban J connectivity index is 1.44. The van der Waals surface area contributed by atoms with E-state index >= 15 is 0 Å². The number of hydrogen-bond acceptors (Lipinski definition) is 7. The summed E-state index contributed by atoms with van der Waals surface area (Å²) in [7, 11) is 0. The molecule has 1 aromatic carbocycles. The lowest BCUT2D eigenvalue weighted by molar-refractivity contribution is -0.231. The number of benzene rings is 1. The molecule has 2 N–H and O–H groups in total. The summed E-state index contributed by atoms with van der Waals surface area (Å²) in [6, 6.07) is 8.00. The lowest BCUT2D eigenvalue weighted by Crippen LogP contribution is -2.48. The molecule has 4 heterocycles. The van der Waals surface area contributed by atoms with Gasteiger partial charge < -0.3 is 24.7 Å². The Bertz CT molecular complexity index is 1220. The predicted octanol–water partition coefficient (Wildman–Crippen LogP) is 4.24. The molecule has 5 rings (SSSR count). The van der Waals surface area contributed by atoms with Crippen LogP contribution in [0.15, 0.2) is 36.5 Å². The first-order valence-corrected chi connectivity index (χ1v) is 12.9. The molecule has 2 fully saturated rings. The number of hydrogen-bond donors (Lipinski definition) is 2. The third-order valence-electron chi connectivity index (χ3n) is 6.79. The largest absolute Gasteiger partial charge is 0.355 e. The maximum atomic E-state index is 13.7. The van der Waals surface area contributed by atoms with Crippen molar-refractivity contribution in [2.45, 2.75) is 45.8 Å². The van der Waals surface area contributed by atoms with Gasteiger partial charge in [-0.25, -0.2) is 19.3 Å². The number of halogens is 1. The van der Waals surface area contributed by atoms with Crippen molar-refractivity contribution in [2.75, 3.05) is 37.7 Å². The topological polar surface area (TPSA) is 105 Å². The van der Waals surface area contributed by atoms with E-state index in [-0.39, 0.29) is 24.9 Å². The Morgan fingerprint density at radius 2 is 1.86 bits per heavy atom. The quantitative estimate of drug-likeness (QED) is 0.492. The van der Waals surface area contributed by atoms with Crippen LogP contribution in [0.25, 0.3) is 22.6 Å². The molecule has 9 nitrogen and oxygen atoms in total. The molecule has 0 unspecified atom stereocenters. The number of aromatic nitrogens is 4. The van der Waals surface area contributed by atoms with E-state index in [1.54, 1.807) is 18.3 Å². The molecule has 0 bridgehead atoms. The van der Waals surface area contributed by atoms with Crippen LogP contribution in [-0.2, 0) is 14.3 Å². The van der Waals surface area contributed by atoms with E-state index in [0.717, 1.165) is 37.9 Å². The monoisotopic (exact) mass is 508 g/mol. The molecule has 0 aliphatic carbocycles. The molecule has 0 radical (unpaired) electrons. The number of nitrogens with zero attached hydrogens (tertiary/aromatic N) is 4. The van der Waals surface area contributed by atoms with Crippen molar-refractivity contribution in [1.82, 2.24) is 25.3 Å². The summed E-state index contributed by atoms with van der Waals surface area (Å²) in [6.45, 7) is 6.69. The maximum absolute atomic E-state index is 13.7. The number of imidazole rings is 1. The van der Waals surface area contributed by atoms with Gasteiger partial charge in [-0.1, -0.05) is 6.92 Å². The Morgan fingerprint density at radius 1 is 1.14 bits per heavy atom. The second kappa shape index (κ2) is 10.9. The first kappa shape index (κ1) is 25.3. The van der Waals surface area contributed by atoms with Crippen LogP contribution in [0.1, 0.15) is 51.6 Å². The number of nitrogens with one attached hydrogen (secondary N) is 2. The standard InChI is InChI=1S/C27H33FN6O3/c1-3-12-29-25(35)27(2)16-36-24(37-17-27)23-32-21(18-7-9-19(28)10-8-18)22(33-23)20-11-13-30-26(31-20)34-14-5-4-6-15-34/h7-11,13,24H,3-6,12,14-17H2,1-2H3,(H,29,35)(H,32,33). The summed E-state index contributed by atoms with van der Waals surface area (Å²) >= 11 is 0.